The first-order chi connectivity index (χ1) is 11.8. The van der Waals surface area contributed by atoms with Gasteiger partial charge in [-0.2, -0.15) is 5.10 Å². The van der Waals surface area contributed by atoms with Gasteiger partial charge in [-0.25, -0.2) is 9.50 Å². The first-order valence-corrected chi connectivity index (χ1v) is 8.48. The molecule has 2 aromatic heterocycles. The highest BCUT2D eigenvalue weighted by Crippen LogP contribution is 2.35. The number of aryl methyl sites for hydroxylation is 1. The Bertz CT molecular complexity index is 830. The minimum atomic E-state index is 0.192. The van der Waals surface area contributed by atoms with E-state index in [9.17, 15) is 5.11 Å². The molecule has 1 aliphatic heterocycles. The van der Waals surface area contributed by atoms with E-state index >= 15 is 0 Å². The zero-order valence-electron chi connectivity index (χ0n) is 13.8. The van der Waals surface area contributed by atoms with Crippen molar-refractivity contribution in [3.63, 3.8) is 0 Å². The summed E-state index contributed by atoms with van der Waals surface area (Å²) in [5.41, 5.74) is 3.34. The number of anilines is 1. The quantitative estimate of drug-likeness (QED) is 0.805. The van der Waals surface area contributed by atoms with Crippen molar-refractivity contribution >= 4 is 11.3 Å². The van der Waals surface area contributed by atoms with E-state index in [4.69, 9.17) is 0 Å². The van der Waals surface area contributed by atoms with Crippen molar-refractivity contribution in [2.75, 3.05) is 24.6 Å². The number of aliphatic hydroxyl groups is 1. The standard InChI is InChI=1S/C19H22N4O/c1-14-11-18-19(20-8-10-23(18)21-14)22-9-7-17(16(12-22)13-24)15-5-3-2-4-6-15/h2-6,8,10-11,16-17,24H,7,9,12-13H2,1H3/t16-,17+/m1/s1. The lowest BCUT2D eigenvalue weighted by Crippen LogP contribution is -2.41. The highest BCUT2D eigenvalue weighted by atomic mass is 16.3. The number of aliphatic hydroxyl groups excluding tert-OH is 1. The summed E-state index contributed by atoms with van der Waals surface area (Å²) in [6, 6.07) is 12.6. The second-order valence-electron chi connectivity index (χ2n) is 6.56. The van der Waals surface area contributed by atoms with Crippen LogP contribution in [0.4, 0.5) is 5.82 Å². The molecule has 1 saturated heterocycles. The van der Waals surface area contributed by atoms with E-state index in [1.54, 1.807) is 6.20 Å². The summed E-state index contributed by atoms with van der Waals surface area (Å²) < 4.78 is 1.88. The molecule has 1 N–H and O–H groups in total. The van der Waals surface area contributed by atoms with E-state index in [-0.39, 0.29) is 12.5 Å². The Morgan fingerprint density at radius 2 is 2.08 bits per heavy atom. The van der Waals surface area contributed by atoms with Crippen LogP contribution in [0.15, 0.2) is 48.8 Å². The molecular formula is C19H22N4O. The molecule has 5 nitrogen and oxygen atoms in total. The van der Waals surface area contributed by atoms with Crippen LogP contribution < -0.4 is 4.90 Å². The fraction of sp³-hybridized carbons (Fsp3) is 0.368. The Balaban J connectivity index is 1.63. The van der Waals surface area contributed by atoms with Crippen LogP contribution in [0, 0.1) is 12.8 Å². The van der Waals surface area contributed by atoms with Crippen LogP contribution in [0.5, 0.6) is 0 Å². The van der Waals surface area contributed by atoms with E-state index in [0.29, 0.717) is 5.92 Å². The van der Waals surface area contributed by atoms with Gasteiger partial charge in [-0.1, -0.05) is 30.3 Å². The van der Waals surface area contributed by atoms with Gasteiger partial charge < -0.3 is 10.0 Å². The van der Waals surface area contributed by atoms with Crippen LogP contribution in [0.3, 0.4) is 0 Å². The van der Waals surface area contributed by atoms with Crippen molar-refractivity contribution in [3.05, 3.63) is 60.0 Å². The van der Waals surface area contributed by atoms with Gasteiger partial charge in [0.15, 0.2) is 5.82 Å². The molecule has 3 aromatic rings. The Hall–Kier alpha value is -2.40. The van der Waals surface area contributed by atoms with Gasteiger partial charge in [-0.05, 0) is 30.9 Å². The fourth-order valence-electron chi connectivity index (χ4n) is 3.82. The molecule has 3 heterocycles. The minimum absolute atomic E-state index is 0.192. The third-order valence-electron chi connectivity index (χ3n) is 4.99. The summed E-state index contributed by atoms with van der Waals surface area (Å²) in [5.74, 6) is 1.58. The zero-order chi connectivity index (χ0) is 16.5. The molecule has 0 spiro atoms. The lowest BCUT2D eigenvalue weighted by Gasteiger charge is -2.38. The number of hydrogen-bond donors (Lipinski definition) is 1. The highest BCUT2D eigenvalue weighted by Gasteiger charge is 2.31. The van der Waals surface area contributed by atoms with Gasteiger partial charge in [-0.15, -0.1) is 0 Å². The summed E-state index contributed by atoms with van der Waals surface area (Å²) in [4.78, 5) is 6.88. The molecule has 0 bridgehead atoms. The van der Waals surface area contributed by atoms with Crippen molar-refractivity contribution in [2.24, 2.45) is 5.92 Å². The van der Waals surface area contributed by atoms with Crippen molar-refractivity contribution in [2.45, 2.75) is 19.3 Å². The minimum Gasteiger partial charge on any atom is -0.396 e. The first kappa shape index (κ1) is 15.1. The lowest BCUT2D eigenvalue weighted by molar-refractivity contribution is 0.189. The van der Waals surface area contributed by atoms with E-state index in [2.05, 4.69) is 45.3 Å². The number of hydrogen-bond acceptors (Lipinski definition) is 4. The van der Waals surface area contributed by atoms with Crippen LogP contribution >= 0.6 is 0 Å². The Morgan fingerprint density at radius 1 is 1.25 bits per heavy atom. The maximum Gasteiger partial charge on any atom is 0.154 e. The molecule has 4 rings (SSSR count). The Kier molecular flexibility index (Phi) is 3.94. The third kappa shape index (κ3) is 2.65. The van der Waals surface area contributed by atoms with Crippen molar-refractivity contribution in [3.8, 4) is 0 Å². The summed E-state index contributed by atoms with van der Waals surface area (Å²) in [6.45, 7) is 3.94. The Labute approximate surface area is 141 Å². The zero-order valence-corrected chi connectivity index (χ0v) is 13.8. The Morgan fingerprint density at radius 3 is 2.88 bits per heavy atom. The van der Waals surface area contributed by atoms with Gasteiger partial charge in [-0.3, -0.25) is 0 Å². The second-order valence-corrected chi connectivity index (χ2v) is 6.56. The first-order valence-electron chi connectivity index (χ1n) is 8.48. The maximum atomic E-state index is 9.94. The molecule has 2 atom stereocenters. The molecule has 1 aromatic carbocycles. The number of fused-ring (bicyclic) bond motifs is 1. The van der Waals surface area contributed by atoms with Crippen molar-refractivity contribution in [1.82, 2.24) is 14.6 Å². The molecule has 124 valence electrons. The monoisotopic (exact) mass is 322 g/mol. The average molecular weight is 322 g/mol. The number of aromatic nitrogens is 3. The summed E-state index contributed by atoms with van der Waals surface area (Å²) in [7, 11) is 0. The van der Waals surface area contributed by atoms with Gasteiger partial charge in [0.2, 0.25) is 0 Å². The molecule has 0 aliphatic carbocycles. The molecule has 0 unspecified atom stereocenters. The third-order valence-corrected chi connectivity index (χ3v) is 4.99. The van der Waals surface area contributed by atoms with Crippen LogP contribution in [-0.2, 0) is 0 Å². The largest absolute Gasteiger partial charge is 0.396 e. The highest BCUT2D eigenvalue weighted by molar-refractivity contribution is 5.69. The van der Waals surface area contributed by atoms with Gasteiger partial charge in [0, 0.05) is 38.0 Å². The number of nitrogens with zero attached hydrogens (tertiary/aromatic N) is 4. The van der Waals surface area contributed by atoms with Crippen molar-refractivity contribution in [1.29, 1.82) is 0 Å². The van der Waals surface area contributed by atoms with Crippen LogP contribution in [0.25, 0.3) is 5.52 Å². The molecule has 0 radical (unpaired) electrons. The number of benzene rings is 1. The van der Waals surface area contributed by atoms with Crippen LogP contribution in [0.1, 0.15) is 23.6 Å². The van der Waals surface area contributed by atoms with E-state index in [0.717, 1.165) is 36.5 Å². The van der Waals surface area contributed by atoms with Gasteiger partial charge in [0.1, 0.15) is 5.52 Å². The summed E-state index contributed by atoms with van der Waals surface area (Å²) in [6.07, 6.45) is 4.70. The molecule has 1 fully saturated rings. The second kappa shape index (κ2) is 6.24. The van der Waals surface area contributed by atoms with Crippen molar-refractivity contribution < 1.29 is 5.11 Å². The normalized spacial score (nSPS) is 21.3. The lowest BCUT2D eigenvalue weighted by atomic mass is 9.81. The van der Waals surface area contributed by atoms with Gasteiger partial charge in [0.05, 0.1) is 5.69 Å². The van der Waals surface area contributed by atoms with Crippen LogP contribution in [0.2, 0.25) is 0 Å². The predicted octanol–water partition coefficient (Wildman–Crippen LogP) is 2.64. The van der Waals surface area contributed by atoms with E-state index in [1.807, 2.05) is 23.7 Å². The summed E-state index contributed by atoms with van der Waals surface area (Å²) >= 11 is 0. The predicted molar refractivity (Wildman–Crippen MR) is 94.3 cm³/mol. The number of piperidine rings is 1. The maximum absolute atomic E-state index is 9.94. The fourth-order valence-corrected chi connectivity index (χ4v) is 3.82. The molecule has 0 amide bonds. The number of rotatable bonds is 3. The molecular weight excluding hydrogens is 300 g/mol. The SMILES string of the molecule is Cc1cc2c(N3CC[C@@H](c4ccccc4)[C@@H](CO)C3)nccn2n1. The summed E-state index contributed by atoms with van der Waals surface area (Å²) in [5, 5.41) is 14.4. The molecule has 24 heavy (non-hydrogen) atoms. The molecule has 5 heteroatoms. The van der Waals surface area contributed by atoms with Gasteiger partial charge >= 0.3 is 0 Å². The smallest absolute Gasteiger partial charge is 0.154 e. The average Bonchev–Trinajstić information content (AvgIpc) is 3.02. The van der Waals surface area contributed by atoms with E-state index < -0.39 is 0 Å². The van der Waals surface area contributed by atoms with Gasteiger partial charge in [0.25, 0.3) is 0 Å². The van der Waals surface area contributed by atoms with Crippen LogP contribution in [-0.4, -0.2) is 39.4 Å². The molecule has 0 saturated carbocycles. The van der Waals surface area contributed by atoms with E-state index in [1.165, 1.54) is 5.56 Å². The topological polar surface area (TPSA) is 53.7 Å². The molecule has 1 aliphatic rings.